The molecule has 0 spiro atoms. The van der Waals surface area contributed by atoms with E-state index < -0.39 is 169 Å². The van der Waals surface area contributed by atoms with Crippen LogP contribution in [0, 0.1) is 0 Å². The van der Waals surface area contributed by atoms with E-state index in [1.165, 1.54) is 0 Å². The zero-order valence-corrected chi connectivity index (χ0v) is 31.9. The number of carboxylic acid groups (broad SMARTS) is 1. The quantitative estimate of drug-likeness (QED) is 0.0926. The highest BCUT2D eigenvalue weighted by atomic mass is 19.5. The lowest BCUT2D eigenvalue weighted by Crippen LogP contribution is -2.77. The van der Waals surface area contributed by atoms with Crippen LogP contribution in [-0.4, -0.2) is 155 Å². The largest absolute Gasteiger partial charge is 0.481 e. The maximum Gasteiger partial charge on any atom is 0.460 e. The van der Waals surface area contributed by atoms with Crippen molar-refractivity contribution < 1.29 is 194 Å². The number of carboxylic acids is 1. The lowest BCUT2D eigenvalue weighted by atomic mass is 9.85. The van der Waals surface area contributed by atoms with Crippen molar-refractivity contribution in [2.24, 2.45) is 0 Å². The number of carbonyl (C=O) groups is 1. The molecule has 0 rings (SSSR count). The number of hydrogen-bond donors (Lipinski definition) is 1. The fourth-order valence-electron chi connectivity index (χ4n) is 4.68. The Morgan fingerprint density at radius 3 is 0.556 bits per heavy atom. The Hall–Kier alpha value is -3.51. The molecule has 0 saturated heterocycles. The molecule has 0 radical (unpaired) electrons. The molecule has 0 heterocycles. The van der Waals surface area contributed by atoms with Crippen LogP contribution < -0.4 is 0 Å². The van der Waals surface area contributed by atoms with Crippen molar-refractivity contribution in [3.05, 3.63) is 0 Å². The third kappa shape index (κ3) is 9.26. The Balaban J connectivity index is 7.27. The minimum atomic E-state index is -9.73. The van der Waals surface area contributed by atoms with Gasteiger partial charge in [0.1, 0.15) is 0 Å². The standard InChI is InChI=1S/C27H13F42NO2/c28-8(29,10(32,33)12(36,37)14(40,41)16(44,45)18(48,49)20(52,53)22(56,57)24(60,61)26(64,65)66)2-5-70(4-1-7(71)72)6-3-9(30,31)11(34,35)13(38,39)15(42,43)17(46,47)19(50,51)21(54,55)23(58,59)25(62,63)27(67,68)69/h1-6H2,(H,71,72). The van der Waals surface area contributed by atoms with Crippen LogP contribution in [-0.2, 0) is 4.79 Å². The number of nitrogens with zero attached hydrogens (tertiary/aromatic N) is 1. The predicted molar refractivity (Wildman–Crippen MR) is 139 cm³/mol. The summed E-state index contributed by atoms with van der Waals surface area (Å²) in [5, 5.41) is 8.55. The molecule has 0 aromatic carbocycles. The van der Waals surface area contributed by atoms with Crippen LogP contribution in [0.1, 0.15) is 19.3 Å². The number of rotatable bonds is 25. The summed E-state index contributed by atoms with van der Waals surface area (Å²) in [5.41, 5.74) is 0. The van der Waals surface area contributed by atoms with Gasteiger partial charge in [-0.1, -0.05) is 0 Å². The molecule has 0 aliphatic rings. The van der Waals surface area contributed by atoms with Crippen LogP contribution in [0.25, 0.3) is 0 Å². The molecule has 0 atom stereocenters. The van der Waals surface area contributed by atoms with Crippen LogP contribution in [0.15, 0.2) is 0 Å². The van der Waals surface area contributed by atoms with E-state index in [0.717, 1.165) is 0 Å². The van der Waals surface area contributed by atoms with E-state index in [0.29, 0.717) is 0 Å². The molecule has 0 bridgehead atoms. The monoisotopic (exact) mass is 1180 g/mol. The topological polar surface area (TPSA) is 40.5 Å². The lowest BCUT2D eigenvalue weighted by Gasteiger charge is -2.44. The van der Waals surface area contributed by atoms with Crippen molar-refractivity contribution in [2.75, 3.05) is 19.6 Å². The highest BCUT2D eigenvalue weighted by Gasteiger charge is 3.00. The first-order chi connectivity index (χ1) is 30.5. The fourth-order valence-corrected chi connectivity index (χ4v) is 4.68. The minimum absolute atomic E-state index is 1.20. The smallest absolute Gasteiger partial charge is 0.460 e. The van der Waals surface area contributed by atoms with E-state index >= 15 is 0 Å². The highest BCUT2D eigenvalue weighted by Crippen LogP contribution is 2.69. The average Bonchev–Trinajstić information content (AvgIpc) is 3.15. The number of hydrogen-bond acceptors (Lipinski definition) is 2. The molecule has 0 aromatic heterocycles. The van der Waals surface area contributed by atoms with Crippen LogP contribution in [0.3, 0.4) is 0 Å². The molecule has 0 amide bonds. The van der Waals surface area contributed by atoms with Crippen LogP contribution in [0.4, 0.5) is 184 Å². The SMILES string of the molecule is O=C(O)CCN(CCC(F)(F)C(F)(F)C(F)(F)C(F)(F)C(F)(F)C(F)(F)C(F)(F)C(F)(F)C(F)(F)C(F)(F)F)CCC(F)(F)C(F)(F)C(F)(F)C(F)(F)C(F)(F)C(F)(F)C(F)(F)C(F)(F)C(F)(F)C(F)(F)F. The molecule has 1 N–H and O–H groups in total. The van der Waals surface area contributed by atoms with Gasteiger partial charge in [-0.2, -0.15) is 184 Å². The van der Waals surface area contributed by atoms with Gasteiger partial charge in [0.2, 0.25) is 0 Å². The summed E-state index contributed by atoms with van der Waals surface area (Å²) in [6.45, 7) is -8.50. The number of halogens is 42. The third-order valence-corrected chi connectivity index (χ3v) is 9.28. The summed E-state index contributed by atoms with van der Waals surface area (Å²) in [5.74, 6) is -168. The Bertz CT molecular complexity index is 1780. The molecule has 0 aliphatic carbocycles. The molecule has 432 valence electrons. The van der Waals surface area contributed by atoms with Crippen molar-refractivity contribution in [1.29, 1.82) is 0 Å². The van der Waals surface area contributed by atoms with Crippen LogP contribution in [0.2, 0.25) is 0 Å². The molecular formula is C27H13F42NO2. The van der Waals surface area contributed by atoms with E-state index in [9.17, 15) is 189 Å². The van der Waals surface area contributed by atoms with E-state index in [2.05, 4.69) is 0 Å². The third-order valence-electron chi connectivity index (χ3n) is 9.28. The van der Waals surface area contributed by atoms with Gasteiger partial charge in [-0.15, -0.1) is 0 Å². The zero-order chi connectivity index (χ0) is 59.4. The molecule has 0 unspecified atom stereocenters. The van der Waals surface area contributed by atoms with E-state index in [1.807, 2.05) is 0 Å². The Labute approximate surface area is 364 Å². The Kier molecular flexibility index (Phi) is 17.2. The second-order valence-corrected chi connectivity index (χ2v) is 14.1. The summed E-state index contributed by atoms with van der Waals surface area (Å²) in [6, 6.07) is 0. The Morgan fingerprint density at radius 1 is 0.250 bits per heavy atom. The first kappa shape index (κ1) is 68.5. The van der Waals surface area contributed by atoms with Gasteiger partial charge in [-0.3, -0.25) is 4.79 Å². The normalized spacial score (nSPS) is 16.8. The first-order valence-corrected chi connectivity index (χ1v) is 16.4. The summed E-state index contributed by atoms with van der Waals surface area (Å²) in [6.07, 6.45) is -26.7. The van der Waals surface area contributed by atoms with E-state index in [-0.39, 0.29) is 0 Å². The van der Waals surface area contributed by atoms with Gasteiger partial charge in [0.05, 0.1) is 6.42 Å². The van der Waals surface area contributed by atoms with Crippen LogP contribution in [0.5, 0.6) is 0 Å². The van der Waals surface area contributed by atoms with E-state index in [1.54, 1.807) is 0 Å². The van der Waals surface area contributed by atoms with E-state index in [4.69, 9.17) is 5.11 Å². The molecule has 3 nitrogen and oxygen atoms in total. The maximum atomic E-state index is 14.4. The van der Waals surface area contributed by atoms with Crippen molar-refractivity contribution in [3.8, 4) is 0 Å². The summed E-state index contributed by atoms with van der Waals surface area (Å²) in [7, 11) is 0. The first-order valence-electron chi connectivity index (χ1n) is 16.4. The summed E-state index contributed by atoms with van der Waals surface area (Å²) >= 11 is 0. The van der Waals surface area contributed by atoms with Crippen molar-refractivity contribution in [3.63, 3.8) is 0 Å². The summed E-state index contributed by atoms with van der Waals surface area (Å²) < 4.78 is 572. The molecule has 0 fully saturated rings. The van der Waals surface area contributed by atoms with Gasteiger partial charge < -0.3 is 10.0 Å². The number of aliphatic carboxylic acids is 1. The van der Waals surface area contributed by atoms with Gasteiger partial charge in [0, 0.05) is 32.5 Å². The molecular weight excluding hydrogens is 1170 g/mol. The fraction of sp³-hybridized carbons (Fsp3) is 0.963. The molecule has 45 heteroatoms. The van der Waals surface area contributed by atoms with Crippen molar-refractivity contribution in [2.45, 2.75) is 138 Å². The second-order valence-electron chi connectivity index (χ2n) is 14.1. The zero-order valence-electron chi connectivity index (χ0n) is 31.9. The van der Waals surface area contributed by atoms with Crippen molar-refractivity contribution in [1.82, 2.24) is 4.90 Å². The highest BCUT2D eigenvalue weighted by molar-refractivity contribution is 5.66. The average molecular weight is 1180 g/mol. The van der Waals surface area contributed by atoms with Crippen LogP contribution >= 0.6 is 0 Å². The maximum absolute atomic E-state index is 14.4. The van der Waals surface area contributed by atoms with Gasteiger partial charge in [-0.25, -0.2) is 0 Å². The second kappa shape index (κ2) is 18.1. The van der Waals surface area contributed by atoms with Gasteiger partial charge in [0.25, 0.3) is 0 Å². The van der Waals surface area contributed by atoms with Gasteiger partial charge in [0.15, 0.2) is 0 Å². The molecule has 0 aliphatic heterocycles. The van der Waals surface area contributed by atoms with Gasteiger partial charge in [-0.05, 0) is 0 Å². The Morgan fingerprint density at radius 2 is 0.403 bits per heavy atom. The molecule has 0 saturated carbocycles. The number of alkyl halides is 42. The summed E-state index contributed by atoms with van der Waals surface area (Å²) in [4.78, 5) is 9.54. The molecule has 72 heavy (non-hydrogen) atoms. The van der Waals surface area contributed by atoms with Crippen molar-refractivity contribution >= 4 is 5.97 Å². The molecule has 0 aromatic rings. The van der Waals surface area contributed by atoms with Gasteiger partial charge >= 0.3 is 125 Å². The minimum Gasteiger partial charge on any atom is -0.481 e. The lowest BCUT2D eigenvalue weighted by molar-refractivity contribution is -0.474. The predicted octanol–water partition coefficient (Wildman–Crippen LogP) is 14.1.